The van der Waals surface area contributed by atoms with Crippen LogP contribution in [0, 0.1) is 5.92 Å². The van der Waals surface area contributed by atoms with Crippen LogP contribution < -0.4 is 10.6 Å². The van der Waals surface area contributed by atoms with E-state index in [4.69, 9.17) is 0 Å². The number of halogens is 3. The number of guanidine groups is 1. The Bertz CT molecular complexity index is 837. The zero-order valence-electron chi connectivity index (χ0n) is 18.0. The largest absolute Gasteiger partial charge is 0.416 e. The molecule has 0 aliphatic carbocycles. The van der Waals surface area contributed by atoms with Gasteiger partial charge in [0.05, 0.1) is 17.8 Å². The highest BCUT2D eigenvalue weighted by atomic mass is 19.4. The van der Waals surface area contributed by atoms with E-state index in [-0.39, 0.29) is 12.0 Å². The second kappa shape index (κ2) is 10.6. The zero-order chi connectivity index (χ0) is 22.3. The summed E-state index contributed by atoms with van der Waals surface area (Å²) in [4.78, 5) is 11.1. The van der Waals surface area contributed by atoms with Crippen LogP contribution in [0.3, 0.4) is 0 Å². The van der Waals surface area contributed by atoms with Crippen LogP contribution in [-0.2, 0) is 12.7 Å². The molecule has 1 aromatic heterocycles. The molecule has 0 spiro atoms. The molecule has 5 nitrogen and oxygen atoms in total. The first-order chi connectivity index (χ1) is 14.9. The lowest BCUT2D eigenvalue weighted by atomic mass is 9.84. The number of aliphatic imine (C=N–C) groups is 1. The van der Waals surface area contributed by atoms with Gasteiger partial charge in [-0.3, -0.25) is 9.88 Å². The summed E-state index contributed by atoms with van der Waals surface area (Å²) in [5, 5.41) is 6.68. The summed E-state index contributed by atoms with van der Waals surface area (Å²) in [7, 11) is 2.04. The smallest absolute Gasteiger partial charge is 0.357 e. The molecule has 168 valence electrons. The van der Waals surface area contributed by atoms with Gasteiger partial charge in [-0.1, -0.05) is 18.2 Å². The second-order valence-electron chi connectivity index (χ2n) is 7.84. The number of rotatable bonds is 6. The molecule has 2 aromatic rings. The average molecular weight is 434 g/mol. The fraction of sp³-hybridized carbons (Fsp3) is 0.478. The number of piperidine rings is 1. The Morgan fingerprint density at radius 1 is 1.16 bits per heavy atom. The van der Waals surface area contributed by atoms with Crippen LogP contribution in [0.4, 0.5) is 13.2 Å². The van der Waals surface area contributed by atoms with Gasteiger partial charge in [-0.2, -0.15) is 13.2 Å². The van der Waals surface area contributed by atoms with Crippen molar-refractivity contribution in [2.75, 3.05) is 26.7 Å². The fourth-order valence-electron chi connectivity index (χ4n) is 4.09. The van der Waals surface area contributed by atoms with Gasteiger partial charge >= 0.3 is 6.18 Å². The highest BCUT2D eigenvalue weighted by Crippen LogP contribution is 2.36. The van der Waals surface area contributed by atoms with Crippen LogP contribution in [0.1, 0.15) is 42.6 Å². The third-order valence-corrected chi connectivity index (χ3v) is 5.59. The van der Waals surface area contributed by atoms with Crippen LogP contribution in [0.25, 0.3) is 0 Å². The van der Waals surface area contributed by atoms with E-state index in [2.05, 4.69) is 25.5 Å². The quantitative estimate of drug-likeness (QED) is 0.529. The van der Waals surface area contributed by atoms with Crippen LogP contribution in [-0.4, -0.2) is 42.5 Å². The predicted octanol–water partition coefficient (Wildman–Crippen LogP) is 4.24. The summed E-state index contributed by atoms with van der Waals surface area (Å²) in [5.74, 6) is 0.974. The Morgan fingerprint density at radius 3 is 2.58 bits per heavy atom. The fourth-order valence-corrected chi connectivity index (χ4v) is 4.09. The lowest BCUT2D eigenvalue weighted by Gasteiger charge is -2.40. The summed E-state index contributed by atoms with van der Waals surface area (Å²) >= 11 is 0. The summed E-state index contributed by atoms with van der Waals surface area (Å²) in [6, 6.07) is 11.4. The molecule has 0 saturated carbocycles. The van der Waals surface area contributed by atoms with Gasteiger partial charge in [0.2, 0.25) is 0 Å². The molecular formula is C23H30F3N5. The van der Waals surface area contributed by atoms with Crippen molar-refractivity contribution in [3.05, 3.63) is 65.5 Å². The molecule has 1 saturated heterocycles. The van der Waals surface area contributed by atoms with E-state index in [9.17, 15) is 13.2 Å². The average Bonchev–Trinajstić information content (AvgIpc) is 2.76. The van der Waals surface area contributed by atoms with Gasteiger partial charge in [0.1, 0.15) is 0 Å². The van der Waals surface area contributed by atoms with Gasteiger partial charge in [-0.25, -0.2) is 4.99 Å². The lowest BCUT2D eigenvalue weighted by Crippen LogP contribution is -2.45. The number of aromatic nitrogens is 1. The van der Waals surface area contributed by atoms with E-state index in [0.717, 1.165) is 37.2 Å². The minimum atomic E-state index is -4.32. The van der Waals surface area contributed by atoms with Crippen molar-refractivity contribution in [1.29, 1.82) is 0 Å². The van der Waals surface area contributed by atoms with Gasteiger partial charge in [-0.05, 0) is 69.1 Å². The standard InChI is InChI=1S/C23H30F3N5/c1-3-27-22(30-16-20-8-4-5-13-28-20)29-15-18-7-6-14-31(2)21(18)17-9-11-19(12-10-17)23(24,25)26/h4-5,8-13,18,21H,3,6-7,14-16H2,1-2H3,(H2,27,29,30). The van der Waals surface area contributed by atoms with E-state index < -0.39 is 11.7 Å². The number of benzene rings is 1. The first-order valence-electron chi connectivity index (χ1n) is 10.7. The molecule has 2 N–H and O–H groups in total. The Morgan fingerprint density at radius 2 is 1.94 bits per heavy atom. The molecule has 1 fully saturated rings. The minimum absolute atomic E-state index is 0.0576. The van der Waals surface area contributed by atoms with E-state index >= 15 is 0 Å². The lowest BCUT2D eigenvalue weighted by molar-refractivity contribution is -0.137. The van der Waals surface area contributed by atoms with Crippen molar-refractivity contribution in [3.8, 4) is 0 Å². The first kappa shape index (κ1) is 23.1. The first-order valence-corrected chi connectivity index (χ1v) is 10.7. The molecule has 0 radical (unpaired) electrons. The topological polar surface area (TPSA) is 52.6 Å². The number of hydrogen-bond acceptors (Lipinski definition) is 3. The van der Waals surface area contributed by atoms with E-state index in [1.807, 2.05) is 32.2 Å². The predicted molar refractivity (Wildman–Crippen MR) is 117 cm³/mol. The van der Waals surface area contributed by atoms with Crippen molar-refractivity contribution in [2.24, 2.45) is 10.9 Å². The van der Waals surface area contributed by atoms with Crippen LogP contribution >= 0.6 is 0 Å². The van der Waals surface area contributed by atoms with Crippen molar-refractivity contribution in [2.45, 2.75) is 38.5 Å². The molecule has 0 bridgehead atoms. The maximum Gasteiger partial charge on any atom is 0.416 e. The molecule has 1 aromatic carbocycles. The Balaban J connectivity index is 1.70. The molecule has 2 atom stereocenters. The number of likely N-dealkylation sites (tertiary alicyclic amines) is 1. The van der Waals surface area contributed by atoms with Crippen molar-refractivity contribution in [1.82, 2.24) is 20.5 Å². The Kier molecular flexibility index (Phi) is 7.90. The van der Waals surface area contributed by atoms with Gasteiger partial charge in [0.25, 0.3) is 0 Å². The molecule has 8 heteroatoms. The third kappa shape index (κ3) is 6.43. The van der Waals surface area contributed by atoms with Crippen LogP contribution in [0.5, 0.6) is 0 Å². The molecular weight excluding hydrogens is 403 g/mol. The molecule has 1 aliphatic heterocycles. The molecule has 31 heavy (non-hydrogen) atoms. The number of pyridine rings is 1. The van der Waals surface area contributed by atoms with Crippen molar-refractivity contribution < 1.29 is 13.2 Å². The minimum Gasteiger partial charge on any atom is -0.357 e. The molecule has 0 amide bonds. The Labute approximate surface area is 181 Å². The van der Waals surface area contributed by atoms with Crippen LogP contribution in [0.15, 0.2) is 53.7 Å². The monoisotopic (exact) mass is 433 g/mol. The number of nitrogens with one attached hydrogen (secondary N) is 2. The maximum absolute atomic E-state index is 12.9. The summed E-state index contributed by atoms with van der Waals surface area (Å²) in [6.07, 6.45) is -0.509. The zero-order valence-corrected chi connectivity index (χ0v) is 18.0. The normalized spacial score (nSPS) is 20.5. The van der Waals surface area contributed by atoms with Crippen molar-refractivity contribution >= 4 is 5.96 Å². The van der Waals surface area contributed by atoms with Crippen molar-refractivity contribution in [3.63, 3.8) is 0 Å². The molecule has 1 aliphatic rings. The summed E-state index contributed by atoms with van der Waals surface area (Å²) in [6.45, 7) is 4.83. The summed E-state index contributed by atoms with van der Waals surface area (Å²) in [5.41, 5.74) is 1.19. The molecule has 2 heterocycles. The van der Waals surface area contributed by atoms with E-state index in [0.29, 0.717) is 19.0 Å². The van der Waals surface area contributed by atoms with Gasteiger partial charge < -0.3 is 10.6 Å². The van der Waals surface area contributed by atoms with Gasteiger partial charge in [0, 0.05) is 25.3 Å². The summed E-state index contributed by atoms with van der Waals surface area (Å²) < 4.78 is 38.8. The van der Waals surface area contributed by atoms with Gasteiger partial charge in [-0.15, -0.1) is 0 Å². The van der Waals surface area contributed by atoms with Crippen LogP contribution in [0.2, 0.25) is 0 Å². The number of alkyl halides is 3. The maximum atomic E-state index is 12.9. The van der Waals surface area contributed by atoms with E-state index in [1.54, 1.807) is 18.3 Å². The SMILES string of the molecule is CCNC(=NCc1ccccn1)NCC1CCCN(C)C1c1ccc(C(F)(F)F)cc1. The number of hydrogen-bond donors (Lipinski definition) is 2. The van der Waals surface area contributed by atoms with E-state index in [1.165, 1.54) is 12.1 Å². The molecule has 3 rings (SSSR count). The van der Waals surface area contributed by atoms with Gasteiger partial charge in [0.15, 0.2) is 5.96 Å². The third-order valence-electron chi connectivity index (χ3n) is 5.59. The second-order valence-corrected chi connectivity index (χ2v) is 7.84. The number of nitrogens with zero attached hydrogens (tertiary/aromatic N) is 3. The Hall–Kier alpha value is -2.61. The highest BCUT2D eigenvalue weighted by molar-refractivity contribution is 5.79. The highest BCUT2D eigenvalue weighted by Gasteiger charge is 2.33. The molecule has 2 unspecified atom stereocenters.